The summed E-state index contributed by atoms with van der Waals surface area (Å²) in [6.07, 6.45) is -1.23. The van der Waals surface area contributed by atoms with Crippen LogP contribution in [0, 0.1) is 5.92 Å². The molecule has 214 valence electrons. The van der Waals surface area contributed by atoms with Crippen molar-refractivity contribution >= 4 is 12.4 Å². The van der Waals surface area contributed by atoms with Gasteiger partial charge in [0.2, 0.25) is 11.8 Å². The zero-order valence-corrected chi connectivity index (χ0v) is 24.9. The minimum Gasteiger partial charge on any atom is -0.481 e. The van der Waals surface area contributed by atoms with Crippen LogP contribution in [0.1, 0.15) is 36.5 Å². The van der Waals surface area contributed by atoms with Gasteiger partial charge in [-0.05, 0) is 37.5 Å². The van der Waals surface area contributed by atoms with Gasteiger partial charge < -0.3 is 33.9 Å². The fourth-order valence-corrected chi connectivity index (χ4v) is 7.58. The van der Waals surface area contributed by atoms with Crippen molar-refractivity contribution < 1.29 is 29.0 Å². The third kappa shape index (κ3) is 4.16. The highest BCUT2D eigenvalue weighted by molar-refractivity contribution is 7.70. The van der Waals surface area contributed by atoms with Crippen molar-refractivity contribution in [3.05, 3.63) is 77.4 Å². The molecule has 2 N–H and O–H groups in total. The first-order chi connectivity index (χ1) is 19.1. The lowest BCUT2D eigenvalue weighted by molar-refractivity contribution is -0.152. The fourth-order valence-electron chi connectivity index (χ4n) is 6.71. The van der Waals surface area contributed by atoms with E-state index >= 15 is 0 Å². The summed E-state index contributed by atoms with van der Waals surface area (Å²) in [7, 11) is 0.449. The molecule has 1 aliphatic carbocycles. The molecule has 8 nitrogen and oxygen atoms in total. The van der Waals surface area contributed by atoms with Crippen molar-refractivity contribution in [3.8, 4) is 17.5 Å². The normalized spacial score (nSPS) is 27.3. The highest BCUT2D eigenvalue weighted by Gasteiger charge is 2.77. The number of nitrogens with zero attached hydrogens (tertiary/aromatic N) is 2. The number of pyridine rings is 1. The Labute approximate surface area is 236 Å². The molecule has 5 atom stereocenters. The molecule has 2 aromatic carbocycles. The molecule has 2 aliphatic rings. The molecule has 0 radical (unpaired) electrons. The maximum atomic E-state index is 13.0. The van der Waals surface area contributed by atoms with Gasteiger partial charge in [-0.25, -0.2) is 0 Å². The van der Waals surface area contributed by atoms with Crippen molar-refractivity contribution in [2.75, 3.05) is 47.2 Å². The molecule has 1 aliphatic heterocycles. The first-order valence-corrected chi connectivity index (χ1v) is 16.3. The summed E-state index contributed by atoms with van der Waals surface area (Å²) < 4.78 is 30.9. The Hall–Kier alpha value is -2.90. The maximum absolute atomic E-state index is 13.0. The second-order valence-corrected chi connectivity index (χ2v) is 14.2. The van der Waals surface area contributed by atoms with Gasteiger partial charge >= 0.3 is 0 Å². The molecule has 1 aromatic heterocycles. The second-order valence-electron chi connectivity index (χ2n) is 11.0. The topological polar surface area (TPSA) is 101 Å². The number of aliphatic hydroxyl groups is 2. The molecule has 0 spiro atoms. The number of methoxy groups -OCH3 is 2. The maximum Gasteiger partial charge on any atom is 0.226 e. The van der Waals surface area contributed by atoms with Gasteiger partial charge in [0, 0.05) is 29.8 Å². The molecule has 1 fully saturated rings. The van der Waals surface area contributed by atoms with Crippen molar-refractivity contribution in [2.45, 2.75) is 37.1 Å². The summed E-state index contributed by atoms with van der Waals surface area (Å²) in [6, 6.07) is 18.9. The van der Waals surface area contributed by atoms with Gasteiger partial charge in [-0.1, -0.05) is 68.4 Å². The Bertz CT molecular complexity index is 1410. The second kappa shape index (κ2) is 10.5. The number of hydrogen-bond acceptors (Lipinski definition) is 8. The number of aromatic nitrogens is 1. The average molecular weight is 567 g/mol. The van der Waals surface area contributed by atoms with E-state index in [0.29, 0.717) is 23.4 Å². The highest BCUT2D eigenvalue weighted by Crippen LogP contribution is 2.70. The highest BCUT2D eigenvalue weighted by atomic mass is 31.2. The van der Waals surface area contributed by atoms with E-state index in [1.807, 2.05) is 54.6 Å². The summed E-state index contributed by atoms with van der Waals surface area (Å²) >= 11 is 0. The zero-order chi connectivity index (χ0) is 28.9. The summed E-state index contributed by atoms with van der Waals surface area (Å²) in [5.74, 6) is -0.119. The Kier molecular flexibility index (Phi) is 7.51. The van der Waals surface area contributed by atoms with Crippen molar-refractivity contribution in [2.24, 2.45) is 5.92 Å². The first kappa shape index (κ1) is 28.6. The Morgan fingerprint density at radius 3 is 2.23 bits per heavy atom. The van der Waals surface area contributed by atoms with Crippen LogP contribution in [0.2, 0.25) is 0 Å². The molecule has 0 bridgehead atoms. The molecule has 3 aromatic rings. The van der Waals surface area contributed by atoms with E-state index in [1.165, 1.54) is 14.2 Å². The average Bonchev–Trinajstić information content (AvgIpc) is 3.33. The molecule has 1 saturated carbocycles. The lowest BCUT2D eigenvalue weighted by atomic mass is 9.71. The van der Waals surface area contributed by atoms with Crippen LogP contribution in [0.5, 0.6) is 17.5 Å². The van der Waals surface area contributed by atoms with Gasteiger partial charge in [0.05, 0.1) is 25.9 Å². The van der Waals surface area contributed by atoms with Gasteiger partial charge in [-0.15, -0.1) is 0 Å². The van der Waals surface area contributed by atoms with Crippen LogP contribution in [0.3, 0.4) is 0 Å². The van der Waals surface area contributed by atoms with Gasteiger partial charge in [0.1, 0.15) is 12.9 Å². The molecule has 0 unspecified atom stereocenters. The number of ether oxygens (including phenoxy) is 3. The van der Waals surface area contributed by atoms with Gasteiger partial charge in [0.15, 0.2) is 11.2 Å². The van der Waals surface area contributed by atoms with E-state index in [2.05, 4.69) is 23.7 Å². The lowest BCUT2D eigenvalue weighted by Gasteiger charge is -2.41. The third-order valence-corrected chi connectivity index (χ3v) is 10.2. The summed E-state index contributed by atoms with van der Waals surface area (Å²) in [5.41, 5.74) is -1.47. The fraction of sp³-hybridized carbons (Fsp3) is 0.452. The van der Waals surface area contributed by atoms with E-state index < -0.39 is 36.3 Å². The van der Waals surface area contributed by atoms with Crippen LogP contribution >= 0.6 is 7.14 Å². The molecule has 40 heavy (non-hydrogen) atoms. The van der Waals surface area contributed by atoms with Crippen LogP contribution in [0.15, 0.2) is 60.7 Å². The van der Waals surface area contributed by atoms with Crippen LogP contribution < -0.4 is 19.5 Å². The Morgan fingerprint density at radius 2 is 1.68 bits per heavy atom. The summed E-state index contributed by atoms with van der Waals surface area (Å²) in [4.78, 5) is 6.72. The third-order valence-electron chi connectivity index (χ3n) is 8.69. The van der Waals surface area contributed by atoms with Crippen molar-refractivity contribution in [3.63, 3.8) is 0 Å². The van der Waals surface area contributed by atoms with Crippen LogP contribution in [0.25, 0.3) is 0 Å². The van der Waals surface area contributed by atoms with E-state index in [0.717, 1.165) is 24.0 Å². The van der Waals surface area contributed by atoms with Gasteiger partial charge in [-0.3, -0.25) is 0 Å². The standard InChI is InChI=1S/C31H39N2O6P/c1-7-33(8-2)19-23-26(20-12-10-9-11-13-20)31(21-14-16-22(17-15-21)40(5,6)36)30(35,28(23)34)27-24(39-31)18-25(37-3)32-29(27)38-4/h9-18,23,26,28,34-35H,7-8,19H2,1-6H3/t23-,26-,28-,30+,31+/m1/s1. The summed E-state index contributed by atoms with van der Waals surface area (Å²) in [6.45, 7) is 9.77. The van der Waals surface area contributed by atoms with Gasteiger partial charge in [0.25, 0.3) is 0 Å². The van der Waals surface area contributed by atoms with Crippen molar-refractivity contribution in [1.29, 1.82) is 0 Å². The van der Waals surface area contributed by atoms with E-state index in [1.54, 1.807) is 19.4 Å². The first-order valence-electron chi connectivity index (χ1n) is 13.7. The predicted molar refractivity (Wildman–Crippen MR) is 156 cm³/mol. The van der Waals surface area contributed by atoms with Crippen LogP contribution in [0.4, 0.5) is 0 Å². The van der Waals surface area contributed by atoms with Crippen molar-refractivity contribution in [1.82, 2.24) is 9.88 Å². The smallest absolute Gasteiger partial charge is 0.226 e. The van der Waals surface area contributed by atoms with E-state index in [-0.39, 0.29) is 11.8 Å². The van der Waals surface area contributed by atoms with E-state index in [9.17, 15) is 14.8 Å². The molecule has 2 heterocycles. The number of rotatable bonds is 9. The largest absolute Gasteiger partial charge is 0.481 e. The zero-order valence-electron chi connectivity index (χ0n) is 24.0. The molecule has 9 heteroatoms. The quantitative estimate of drug-likeness (QED) is 0.376. The number of aliphatic hydroxyl groups excluding tert-OH is 1. The Morgan fingerprint density at radius 1 is 1.02 bits per heavy atom. The van der Waals surface area contributed by atoms with Crippen LogP contribution in [-0.4, -0.2) is 73.4 Å². The van der Waals surface area contributed by atoms with E-state index in [4.69, 9.17) is 14.2 Å². The molecular formula is C31H39N2O6P. The lowest BCUT2D eigenvalue weighted by Crippen LogP contribution is -2.52. The monoisotopic (exact) mass is 566 g/mol. The van der Waals surface area contributed by atoms with Crippen LogP contribution in [-0.2, 0) is 15.8 Å². The molecule has 0 saturated heterocycles. The number of fused-ring (bicyclic) bond motifs is 3. The molecule has 0 amide bonds. The molecular weight excluding hydrogens is 527 g/mol. The van der Waals surface area contributed by atoms with Gasteiger partial charge in [-0.2, -0.15) is 4.98 Å². The Balaban J connectivity index is 1.84. The number of hydrogen-bond donors (Lipinski definition) is 2. The SMILES string of the molecule is CCN(CC)C[C@H]1[C@@H](O)[C@@]2(O)c3c(cc(OC)nc3OC)O[C@@]2(c2ccc(P(C)(C)=O)cc2)[C@@H]1c1ccccc1. The minimum atomic E-state index is -2.53. The molecule has 5 rings (SSSR count). The minimum absolute atomic E-state index is 0.135. The number of benzene rings is 2. The predicted octanol–water partition coefficient (Wildman–Crippen LogP) is 3.94. The summed E-state index contributed by atoms with van der Waals surface area (Å²) in [5, 5.41) is 26.0.